The third-order valence-electron chi connectivity index (χ3n) is 11.2. The Labute approximate surface area is 270 Å². The molecule has 0 bridgehead atoms. The lowest BCUT2D eigenvalue weighted by Gasteiger charge is -2.20. The summed E-state index contributed by atoms with van der Waals surface area (Å²) in [7, 11) is 0. The van der Waals surface area contributed by atoms with Crippen molar-refractivity contribution in [2.45, 2.75) is 40.5 Å². The van der Waals surface area contributed by atoms with Crippen molar-refractivity contribution in [3.8, 4) is 0 Å². The molecule has 0 atom stereocenters. The molecule has 4 aliphatic rings. The minimum absolute atomic E-state index is 0.992. The molecule has 0 aromatic heterocycles. The Morgan fingerprint density at radius 1 is 0.391 bits per heavy atom. The van der Waals surface area contributed by atoms with E-state index < -0.39 is 0 Å². The van der Waals surface area contributed by atoms with E-state index in [0.29, 0.717) is 0 Å². The van der Waals surface area contributed by atoms with E-state index in [4.69, 9.17) is 0 Å². The minimum atomic E-state index is 0.992. The van der Waals surface area contributed by atoms with Crippen LogP contribution in [0.15, 0.2) is 97.1 Å². The Kier molecular flexibility index (Phi) is 5.20. The van der Waals surface area contributed by atoms with Crippen molar-refractivity contribution >= 4 is 56.0 Å². The molecule has 0 heteroatoms. The van der Waals surface area contributed by atoms with Crippen molar-refractivity contribution in [1.29, 1.82) is 0 Å². The van der Waals surface area contributed by atoms with Crippen molar-refractivity contribution in [2.75, 3.05) is 0 Å². The smallest absolute Gasteiger partial charge is 0.000730 e. The van der Waals surface area contributed by atoms with Crippen LogP contribution in [0.1, 0.15) is 77.9 Å². The van der Waals surface area contributed by atoms with Crippen molar-refractivity contribution in [1.82, 2.24) is 0 Å². The van der Waals surface area contributed by atoms with Crippen LogP contribution in [0.4, 0.5) is 0 Å². The fraction of sp³-hybridized carbons (Fsp3) is 0.130. The van der Waals surface area contributed by atoms with Crippen LogP contribution in [0.2, 0.25) is 0 Å². The largest absolute Gasteiger partial charge is 0.0795 e. The molecule has 4 aliphatic carbocycles. The first-order chi connectivity index (χ1) is 22.5. The summed E-state index contributed by atoms with van der Waals surface area (Å²) in [5.41, 5.74) is 24.6. The van der Waals surface area contributed by atoms with Crippen LogP contribution in [0, 0.1) is 27.7 Å². The summed E-state index contributed by atoms with van der Waals surface area (Å²) >= 11 is 0. The Hall–Kier alpha value is -5.20. The summed E-state index contributed by atoms with van der Waals surface area (Å²) < 4.78 is 0. The lowest BCUT2D eigenvalue weighted by Crippen LogP contribution is -2.00. The maximum Gasteiger partial charge on any atom is -0.000730 e. The van der Waals surface area contributed by atoms with Gasteiger partial charge in [0.2, 0.25) is 0 Å². The highest BCUT2D eigenvalue weighted by molar-refractivity contribution is 6.37. The average Bonchev–Trinajstić information content (AvgIpc) is 3.54. The third-order valence-corrected chi connectivity index (χ3v) is 11.2. The first-order valence-corrected chi connectivity index (χ1v) is 16.6. The van der Waals surface area contributed by atoms with E-state index in [9.17, 15) is 0 Å². The number of hydrogen-bond acceptors (Lipinski definition) is 0. The van der Waals surface area contributed by atoms with Gasteiger partial charge in [-0.15, -0.1) is 0 Å². The van der Waals surface area contributed by atoms with Crippen LogP contribution < -0.4 is 0 Å². The fourth-order valence-corrected chi connectivity index (χ4v) is 8.78. The Balaban J connectivity index is 1.40. The van der Waals surface area contributed by atoms with Crippen LogP contribution in [0.5, 0.6) is 0 Å². The van der Waals surface area contributed by atoms with Gasteiger partial charge < -0.3 is 0 Å². The molecule has 46 heavy (non-hydrogen) atoms. The molecule has 0 heterocycles. The zero-order valence-electron chi connectivity index (χ0n) is 26.8. The van der Waals surface area contributed by atoms with Crippen molar-refractivity contribution in [2.24, 2.45) is 0 Å². The molecule has 0 N–H and O–H groups in total. The third kappa shape index (κ3) is 3.34. The van der Waals surface area contributed by atoms with Gasteiger partial charge in [0.05, 0.1) is 0 Å². The van der Waals surface area contributed by atoms with Gasteiger partial charge in [0, 0.05) is 0 Å². The second kappa shape index (κ2) is 9.18. The zero-order chi connectivity index (χ0) is 30.8. The molecule has 0 radical (unpaired) electrons. The number of fused-ring (bicyclic) bond motifs is 5. The van der Waals surface area contributed by atoms with Crippen LogP contribution in [0.3, 0.4) is 0 Å². The highest BCUT2D eigenvalue weighted by atomic mass is 14.4. The summed E-state index contributed by atoms with van der Waals surface area (Å²) in [6, 6.07) is 33.2. The normalized spacial score (nSPS) is 15.3. The van der Waals surface area contributed by atoms with E-state index in [2.05, 4.69) is 137 Å². The van der Waals surface area contributed by atoms with Crippen LogP contribution in [-0.4, -0.2) is 0 Å². The summed E-state index contributed by atoms with van der Waals surface area (Å²) in [5, 5.41) is 5.54. The molecular weight excluding hydrogens is 553 g/mol. The van der Waals surface area contributed by atoms with Crippen molar-refractivity contribution < 1.29 is 0 Å². The monoisotopic (exact) mass is 586 g/mol. The first kappa shape index (κ1) is 26.1. The molecule has 0 aliphatic heterocycles. The van der Waals surface area contributed by atoms with E-state index in [-0.39, 0.29) is 0 Å². The van der Waals surface area contributed by atoms with Crippen LogP contribution in [-0.2, 0) is 12.8 Å². The number of aryl methyl sites for hydroxylation is 4. The molecule has 6 aromatic rings. The fourth-order valence-electron chi connectivity index (χ4n) is 8.78. The molecule has 0 amide bonds. The molecule has 0 spiro atoms. The second-order valence-corrected chi connectivity index (χ2v) is 13.8. The second-order valence-electron chi connectivity index (χ2n) is 13.8. The van der Waals surface area contributed by atoms with Gasteiger partial charge in [0.15, 0.2) is 0 Å². The van der Waals surface area contributed by atoms with Gasteiger partial charge >= 0.3 is 0 Å². The lowest BCUT2D eigenvalue weighted by atomic mass is 9.84. The molecule has 0 fully saturated rings. The molecule has 0 saturated carbocycles. The van der Waals surface area contributed by atoms with E-state index in [1.165, 1.54) is 122 Å². The van der Waals surface area contributed by atoms with Gasteiger partial charge in [-0.05, 0) is 162 Å². The quantitative estimate of drug-likeness (QED) is 0.189. The summed E-state index contributed by atoms with van der Waals surface area (Å²) in [6.07, 6.45) is 11.2. The van der Waals surface area contributed by atoms with Gasteiger partial charge in [0.1, 0.15) is 0 Å². The number of benzene rings is 6. The highest BCUT2D eigenvalue weighted by Gasteiger charge is 2.39. The highest BCUT2D eigenvalue weighted by Crippen LogP contribution is 2.60. The van der Waals surface area contributed by atoms with Crippen LogP contribution in [0.25, 0.3) is 56.0 Å². The van der Waals surface area contributed by atoms with E-state index >= 15 is 0 Å². The van der Waals surface area contributed by atoms with Gasteiger partial charge in [-0.2, -0.15) is 0 Å². The van der Waals surface area contributed by atoms with Gasteiger partial charge in [-0.1, -0.05) is 109 Å². The zero-order valence-corrected chi connectivity index (χ0v) is 26.8. The standard InChI is InChI=1S/C46H34/c1-25-21-37-39(23-27(25)3)45-44(36-20-18-32-12-6-10-30-14-8-16-34(36)42(30)32)38-22-26(2)28(4)24-40(38)46(45)43(37)35-19-17-31-11-5-9-29-13-7-15-33(35)41(29)31/h5-9,12-24H,10-11H2,1-4H3. The van der Waals surface area contributed by atoms with Gasteiger partial charge in [-0.25, -0.2) is 0 Å². The lowest BCUT2D eigenvalue weighted by molar-refractivity contribution is 1.29. The van der Waals surface area contributed by atoms with E-state index in [0.717, 1.165) is 12.8 Å². The predicted molar refractivity (Wildman–Crippen MR) is 197 cm³/mol. The summed E-state index contributed by atoms with van der Waals surface area (Å²) in [4.78, 5) is 0. The van der Waals surface area contributed by atoms with Crippen molar-refractivity contribution in [3.05, 3.63) is 175 Å². The molecule has 218 valence electrons. The van der Waals surface area contributed by atoms with Gasteiger partial charge in [-0.3, -0.25) is 0 Å². The molecular formula is C46H34. The Morgan fingerprint density at radius 2 is 0.826 bits per heavy atom. The van der Waals surface area contributed by atoms with Gasteiger partial charge in [0.25, 0.3) is 0 Å². The maximum atomic E-state index is 2.47. The number of hydrogen-bond donors (Lipinski definition) is 0. The minimum Gasteiger partial charge on any atom is -0.0795 e. The maximum absolute atomic E-state index is 2.47. The van der Waals surface area contributed by atoms with E-state index in [1.54, 1.807) is 0 Å². The summed E-state index contributed by atoms with van der Waals surface area (Å²) in [6.45, 7) is 9.08. The first-order valence-electron chi connectivity index (χ1n) is 16.6. The molecule has 6 aromatic carbocycles. The Morgan fingerprint density at radius 3 is 1.37 bits per heavy atom. The van der Waals surface area contributed by atoms with Crippen LogP contribution >= 0.6 is 0 Å². The summed E-state index contributed by atoms with van der Waals surface area (Å²) in [5.74, 6) is 0. The topological polar surface area (TPSA) is 0 Å². The Bertz CT molecular complexity index is 2410. The number of allylic oxidation sites excluding steroid dienone is 4. The average molecular weight is 587 g/mol. The molecule has 10 rings (SSSR count). The predicted octanol–water partition coefficient (Wildman–Crippen LogP) is 11.6. The van der Waals surface area contributed by atoms with Crippen molar-refractivity contribution in [3.63, 3.8) is 0 Å². The molecule has 0 nitrogen and oxygen atoms in total. The molecule has 0 saturated heterocycles. The number of rotatable bonds is 2. The SMILES string of the molecule is Cc1cc2c(cc1C)C(c1ccc3c4c(cccc14)CC=C3)=C1C2=C(c2ccc3c4c(cccc24)C=CC3)c2cc(C)c(C)cc21. The van der Waals surface area contributed by atoms with E-state index in [1.807, 2.05) is 0 Å². The molecule has 0 unspecified atom stereocenters.